The van der Waals surface area contributed by atoms with E-state index in [2.05, 4.69) is 9.71 Å². The number of nitrogens with one attached hydrogen (secondary N) is 1. The Morgan fingerprint density at radius 1 is 1.43 bits per heavy atom. The number of rotatable bonds is 6. The SMILES string of the molecule is Nc1sc(S(=O)(=O)NCCc2ccccn2)cc1[N+](=O)[O-]. The summed E-state index contributed by atoms with van der Waals surface area (Å²) in [5, 5.41) is 10.5. The maximum Gasteiger partial charge on any atom is 0.304 e. The lowest BCUT2D eigenvalue weighted by molar-refractivity contribution is -0.383. The number of hydrogen-bond donors (Lipinski definition) is 2. The zero-order valence-corrected chi connectivity index (χ0v) is 12.4. The van der Waals surface area contributed by atoms with Crippen LogP contribution in [0, 0.1) is 10.1 Å². The Labute approximate surface area is 124 Å². The molecule has 2 aromatic rings. The highest BCUT2D eigenvalue weighted by Gasteiger charge is 2.24. The van der Waals surface area contributed by atoms with Crippen LogP contribution in [-0.2, 0) is 16.4 Å². The number of nitro groups is 1. The highest BCUT2D eigenvalue weighted by molar-refractivity contribution is 7.91. The Kier molecular flexibility index (Phi) is 4.50. The normalized spacial score (nSPS) is 11.4. The molecule has 10 heteroatoms. The van der Waals surface area contributed by atoms with Gasteiger partial charge in [-0.15, -0.1) is 0 Å². The average Bonchev–Trinajstić information content (AvgIpc) is 2.83. The first-order valence-corrected chi connectivity index (χ1v) is 8.13. The Balaban J connectivity index is 2.05. The summed E-state index contributed by atoms with van der Waals surface area (Å²) in [7, 11) is -3.81. The molecule has 3 N–H and O–H groups in total. The lowest BCUT2D eigenvalue weighted by atomic mass is 10.3. The molecule has 0 bridgehead atoms. The molecule has 0 amide bonds. The number of hydrogen-bond acceptors (Lipinski definition) is 7. The van der Waals surface area contributed by atoms with Crippen LogP contribution in [0.25, 0.3) is 0 Å². The Hall–Kier alpha value is -2.04. The molecule has 112 valence electrons. The zero-order chi connectivity index (χ0) is 15.5. The summed E-state index contributed by atoms with van der Waals surface area (Å²) in [4.78, 5) is 14.0. The fraction of sp³-hybridized carbons (Fsp3) is 0.182. The van der Waals surface area contributed by atoms with E-state index in [9.17, 15) is 18.5 Å². The van der Waals surface area contributed by atoms with E-state index < -0.39 is 20.6 Å². The number of thiophene rings is 1. The van der Waals surface area contributed by atoms with Gasteiger partial charge in [0.05, 0.1) is 4.92 Å². The number of sulfonamides is 1. The van der Waals surface area contributed by atoms with E-state index in [4.69, 9.17) is 5.73 Å². The maximum absolute atomic E-state index is 12.0. The molecule has 2 rings (SSSR count). The fourth-order valence-corrected chi connectivity index (χ4v) is 3.87. The third-order valence-electron chi connectivity index (χ3n) is 2.58. The second kappa shape index (κ2) is 6.16. The van der Waals surface area contributed by atoms with Gasteiger partial charge in [0.1, 0.15) is 4.21 Å². The predicted octanol–water partition coefficient (Wildman–Crippen LogP) is 1.15. The summed E-state index contributed by atoms with van der Waals surface area (Å²) in [6, 6.07) is 6.31. The van der Waals surface area contributed by atoms with Gasteiger partial charge in [-0.3, -0.25) is 15.1 Å². The van der Waals surface area contributed by atoms with Crippen molar-refractivity contribution < 1.29 is 13.3 Å². The van der Waals surface area contributed by atoms with E-state index >= 15 is 0 Å². The first kappa shape index (κ1) is 15.4. The molecule has 0 aliphatic rings. The zero-order valence-electron chi connectivity index (χ0n) is 10.7. The monoisotopic (exact) mass is 328 g/mol. The topological polar surface area (TPSA) is 128 Å². The van der Waals surface area contributed by atoms with Crippen molar-refractivity contribution in [3.63, 3.8) is 0 Å². The van der Waals surface area contributed by atoms with Crippen molar-refractivity contribution in [1.82, 2.24) is 9.71 Å². The van der Waals surface area contributed by atoms with Gasteiger partial charge >= 0.3 is 5.69 Å². The van der Waals surface area contributed by atoms with Crippen LogP contribution in [0.3, 0.4) is 0 Å². The van der Waals surface area contributed by atoms with Crippen LogP contribution in [0.5, 0.6) is 0 Å². The van der Waals surface area contributed by atoms with E-state index in [0.717, 1.165) is 11.8 Å². The van der Waals surface area contributed by atoms with Crippen LogP contribution in [-0.4, -0.2) is 24.9 Å². The summed E-state index contributed by atoms with van der Waals surface area (Å²) >= 11 is 0.666. The van der Waals surface area contributed by atoms with E-state index in [1.807, 2.05) is 0 Å². The third-order valence-corrected chi connectivity index (χ3v) is 5.47. The minimum Gasteiger partial charge on any atom is -0.385 e. The molecule has 0 aliphatic carbocycles. The van der Waals surface area contributed by atoms with Gasteiger partial charge < -0.3 is 5.73 Å². The first-order valence-electron chi connectivity index (χ1n) is 5.83. The number of nitrogen functional groups attached to an aromatic ring is 1. The van der Waals surface area contributed by atoms with Crippen molar-refractivity contribution in [2.75, 3.05) is 12.3 Å². The largest absolute Gasteiger partial charge is 0.385 e. The molecule has 0 spiro atoms. The highest BCUT2D eigenvalue weighted by Crippen LogP contribution is 2.34. The predicted molar refractivity (Wildman–Crippen MR) is 78.5 cm³/mol. The van der Waals surface area contributed by atoms with Crippen LogP contribution < -0.4 is 10.5 Å². The number of anilines is 1. The molecule has 0 saturated heterocycles. The molecule has 8 nitrogen and oxygen atoms in total. The van der Waals surface area contributed by atoms with Gasteiger partial charge in [0.2, 0.25) is 10.0 Å². The van der Waals surface area contributed by atoms with E-state index in [0.29, 0.717) is 17.8 Å². The standard InChI is InChI=1S/C11H12N4O4S2/c12-11-9(15(16)17)7-10(20-11)21(18,19)14-6-4-8-3-1-2-5-13-8/h1-3,5,7,14H,4,6,12H2. The molecular weight excluding hydrogens is 316 g/mol. The fourth-order valence-electron chi connectivity index (χ4n) is 1.58. The molecule has 0 fully saturated rings. The summed E-state index contributed by atoms with van der Waals surface area (Å²) in [5.74, 6) is 0. The van der Waals surface area contributed by atoms with Gasteiger partial charge in [-0.1, -0.05) is 17.4 Å². The van der Waals surface area contributed by atoms with E-state index in [1.54, 1.807) is 24.4 Å². The average molecular weight is 328 g/mol. The van der Waals surface area contributed by atoms with Gasteiger partial charge in [0.25, 0.3) is 0 Å². The number of nitrogens with zero attached hydrogens (tertiary/aromatic N) is 2. The number of aromatic nitrogens is 1. The highest BCUT2D eigenvalue weighted by atomic mass is 32.2. The molecule has 0 aromatic carbocycles. The lowest BCUT2D eigenvalue weighted by Gasteiger charge is -2.03. The van der Waals surface area contributed by atoms with Gasteiger partial charge in [0.15, 0.2) is 5.00 Å². The Bertz CT molecular complexity index is 743. The van der Waals surface area contributed by atoms with Crippen LogP contribution >= 0.6 is 11.3 Å². The quantitative estimate of drug-likeness (QED) is 0.604. The van der Waals surface area contributed by atoms with Gasteiger partial charge in [0, 0.05) is 30.9 Å². The molecule has 0 aliphatic heterocycles. The van der Waals surface area contributed by atoms with Crippen LogP contribution in [0.1, 0.15) is 5.69 Å². The lowest BCUT2D eigenvalue weighted by Crippen LogP contribution is -2.25. The second-order valence-electron chi connectivity index (χ2n) is 4.04. The van der Waals surface area contributed by atoms with Crippen molar-refractivity contribution in [2.24, 2.45) is 0 Å². The van der Waals surface area contributed by atoms with Crippen LogP contribution in [0.2, 0.25) is 0 Å². The van der Waals surface area contributed by atoms with Gasteiger partial charge in [-0.05, 0) is 12.1 Å². The summed E-state index contributed by atoms with van der Waals surface area (Å²) in [6.45, 7) is 0.144. The van der Waals surface area contributed by atoms with Gasteiger partial charge in [-0.25, -0.2) is 13.1 Å². The molecule has 0 saturated carbocycles. The Morgan fingerprint density at radius 2 is 2.19 bits per heavy atom. The van der Waals surface area contributed by atoms with Crippen molar-refractivity contribution in [1.29, 1.82) is 0 Å². The molecule has 0 atom stereocenters. The smallest absolute Gasteiger partial charge is 0.304 e. The molecule has 21 heavy (non-hydrogen) atoms. The number of pyridine rings is 1. The van der Waals surface area contributed by atoms with E-state index in [1.165, 1.54) is 0 Å². The molecule has 0 radical (unpaired) electrons. The maximum atomic E-state index is 12.0. The minimum atomic E-state index is -3.81. The summed E-state index contributed by atoms with van der Waals surface area (Å²) < 4.78 is 26.2. The van der Waals surface area contributed by atoms with Crippen LogP contribution in [0.4, 0.5) is 10.7 Å². The Morgan fingerprint density at radius 3 is 2.76 bits per heavy atom. The number of nitrogens with two attached hydrogens (primary N) is 1. The van der Waals surface area contributed by atoms with Gasteiger partial charge in [-0.2, -0.15) is 0 Å². The van der Waals surface area contributed by atoms with Crippen molar-refractivity contribution in [2.45, 2.75) is 10.6 Å². The third kappa shape index (κ3) is 3.74. The van der Waals surface area contributed by atoms with Crippen molar-refractivity contribution in [3.05, 3.63) is 46.3 Å². The van der Waals surface area contributed by atoms with Crippen molar-refractivity contribution in [3.8, 4) is 0 Å². The first-order chi connectivity index (χ1) is 9.90. The molecular formula is C11H12N4O4S2. The summed E-state index contributed by atoms with van der Waals surface area (Å²) in [5.41, 5.74) is 5.78. The van der Waals surface area contributed by atoms with Crippen LogP contribution in [0.15, 0.2) is 34.7 Å². The molecule has 2 heterocycles. The summed E-state index contributed by atoms with van der Waals surface area (Å²) in [6.07, 6.45) is 2.04. The molecule has 2 aromatic heterocycles. The van der Waals surface area contributed by atoms with E-state index in [-0.39, 0.29) is 15.8 Å². The van der Waals surface area contributed by atoms with Crippen molar-refractivity contribution >= 4 is 32.0 Å². The molecule has 0 unspecified atom stereocenters. The minimum absolute atomic E-state index is 0.134. The second-order valence-corrected chi connectivity index (χ2v) is 7.12.